The van der Waals surface area contributed by atoms with Crippen molar-refractivity contribution in [3.05, 3.63) is 23.8 Å². The molecule has 0 amide bonds. The van der Waals surface area contributed by atoms with Crippen LogP contribution in [0, 0.1) is 0 Å². The maximum absolute atomic E-state index is 5.72. The molecule has 16 heavy (non-hydrogen) atoms. The highest BCUT2D eigenvalue weighted by Gasteiger charge is 2.11. The van der Waals surface area contributed by atoms with Gasteiger partial charge >= 0.3 is 0 Å². The van der Waals surface area contributed by atoms with Gasteiger partial charge in [0.1, 0.15) is 11.5 Å². The average molecular weight is 224 g/mol. The quantitative estimate of drug-likeness (QED) is 0.695. The van der Waals surface area contributed by atoms with Crippen molar-refractivity contribution in [2.45, 2.75) is 33.5 Å². The van der Waals surface area contributed by atoms with Crippen LogP contribution in [0.5, 0.6) is 11.5 Å². The molecule has 0 spiro atoms. The van der Waals surface area contributed by atoms with Gasteiger partial charge in [-0.15, -0.1) is 0 Å². The van der Waals surface area contributed by atoms with E-state index in [-0.39, 0.29) is 6.29 Å². The summed E-state index contributed by atoms with van der Waals surface area (Å²) in [7, 11) is 1.67. The van der Waals surface area contributed by atoms with Crippen molar-refractivity contribution < 1.29 is 14.2 Å². The van der Waals surface area contributed by atoms with Gasteiger partial charge in [0, 0.05) is 12.2 Å². The molecule has 1 aromatic rings. The lowest BCUT2D eigenvalue weighted by molar-refractivity contribution is -0.0618. The zero-order valence-electron chi connectivity index (χ0n) is 10.4. The van der Waals surface area contributed by atoms with E-state index >= 15 is 0 Å². The monoisotopic (exact) mass is 224 g/mol. The number of benzene rings is 1. The van der Waals surface area contributed by atoms with E-state index < -0.39 is 0 Å². The Bertz CT molecular complexity index is 323. The van der Waals surface area contributed by atoms with Gasteiger partial charge in [0.15, 0.2) is 6.29 Å². The first-order valence-electron chi connectivity index (χ1n) is 5.67. The largest absolute Gasteiger partial charge is 0.496 e. The maximum atomic E-state index is 5.72. The Morgan fingerprint density at radius 2 is 1.88 bits per heavy atom. The molecule has 90 valence electrons. The van der Waals surface area contributed by atoms with Gasteiger partial charge in [-0.25, -0.2) is 0 Å². The predicted octanol–water partition coefficient (Wildman–Crippen LogP) is 3.02. The van der Waals surface area contributed by atoms with Gasteiger partial charge in [-0.3, -0.25) is 0 Å². The van der Waals surface area contributed by atoms with Crippen LogP contribution in [0.2, 0.25) is 0 Å². The molecular weight excluding hydrogens is 204 g/mol. The second kappa shape index (κ2) is 6.38. The minimum atomic E-state index is -0.234. The van der Waals surface area contributed by atoms with Crippen LogP contribution in [0.1, 0.15) is 26.3 Å². The van der Waals surface area contributed by atoms with Crippen LogP contribution in [0.25, 0.3) is 0 Å². The van der Waals surface area contributed by atoms with Crippen molar-refractivity contribution in [3.63, 3.8) is 0 Å². The molecule has 3 heteroatoms. The van der Waals surface area contributed by atoms with E-state index in [4.69, 9.17) is 14.2 Å². The highest BCUT2D eigenvalue weighted by Crippen LogP contribution is 2.29. The van der Waals surface area contributed by atoms with Gasteiger partial charge in [-0.2, -0.15) is 0 Å². The van der Waals surface area contributed by atoms with E-state index in [1.807, 2.05) is 32.0 Å². The molecular formula is C13H20O3. The molecule has 0 fully saturated rings. The van der Waals surface area contributed by atoms with Crippen LogP contribution < -0.4 is 9.47 Å². The van der Waals surface area contributed by atoms with Crippen LogP contribution in [-0.2, 0) is 11.2 Å². The minimum absolute atomic E-state index is 0.234. The summed E-state index contributed by atoms with van der Waals surface area (Å²) in [6, 6.07) is 5.81. The first kappa shape index (κ1) is 12.8. The number of rotatable bonds is 6. The minimum Gasteiger partial charge on any atom is -0.496 e. The fourth-order valence-corrected chi connectivity index (χ4v) is 1.64. The molecule has 1 aromatic carbocycles. The van der Waals surface area contributed by atoms with Crippen molar-refractivity contribution in [3.8, 4) is 11.5 Å². The summed E-state index contributed by atoms with van der Waals surface area (Å²) < 4.78 is 16.4. The van der Waals surface area contributed by atoms with Gasteiger partial charge in [0.2, 0.25) is 0 Å². The third-order valence-corrected chi connectivity index (χ3v) is 2.36. The second-order valence-corrected chi connectivity index (χ2v) is 3.43. The fourth-order valence-electron chi connectivity index (χ4n) is 1.64. The Kier molecular flexibility index (Phi) is 5.12. The van der Waals surface area contributed by atoms with E-state index in [0.29, 0.717) is 6.61 Å². The topological polar surface area (TPSA) is 27.7 Å². The van der Waals surface area contributed by atoms with E-state index in [1.54, 1.807) is 7.11 Å². The lowest BCUT2D eigenvalue weighted by Crippen LogP contribution is -2.16. The Hall–Kier alpha value is -1.22. The Morgan fingerprint density at radius 3 is 2.44 bits per heavy atom. The number of hydrogen-bond acceptors (Lipinski definition) is 3. The Morgan fingerprint density at radius 1 is 1.19 bits per heavy atom. The first-order chi connectivity index (χ1) is 7.72. The van der Waals surface area contributed by atoms with E-state index in [0.717, 1.165) is 23.5 Å². The summed E-state index contributed by atoms with van der Waals surface area (Å²) in [6.45, 7) is 6.57. The van der Waals surface area contributed by atoms with Crippen molar-refractivity contribution in [1.29, 1.82) is 0 Å². The number of ether oxygens (including phenoxy) is 3. The number of hydrogen-bond donors (Lipinski definition) is 0. The molecule has 0 saturated carbocycles. The Balaban J connectivity index is 2.86. The molecule has 0 aliphatic rings. The standard InChI is InChI=1S/C13H20O3/c1-5-11-12(14-4)8-7-9-13(11)16-10(3)15-6-2/h7-10H,5-6H2,1-4H3. The summed E-state index contributed by atoms with van der Waals surface area (Å²) in [6.07, 6.45) is 0.639. The van der Waals surface area contributed by atoms with Gasteiger partial charge < -0.3 is 14.2 Å². The highest BCUT2D eigenvalue weighted by atomic mass is 16.7. The van der Waals surface area contributed by atoms with Gasteiger partial charge in [-0.1, -0.05) is 13.0 Å². The van der Waals surface area contributed by atoms with E-state index in [1.165, 1.54) is 0 Å². The average Bonchev–Trinajstić information content (AvgIpc) is 2.29. The molecule has 1 atom stereocenters. The van der Waals surface area contributed by atoms with Gasteiger partial charge in [-0.05, 0) is 32.4 Å². The lowest BCUT2D eigenvalue weighted by Gasteiger charge is -2.18. The summed E-state index contributed by atoms with van der Waals surface area (Å²) in [5.41, 5.74) is 1.08. The smallest absolute Gasteiger partial charge is 0.196 e. The summed E-state index contributed by atoms with van der Waals surface area (Å²) in [5, 5.41) is 0. The molecule has 0 aliphatic carbocycles. The SMILES string of the molecule is CCOC(C)Oc1cccc(OC)c1CC. The van der Waals surface area contributed by atoms with Gasteiger partial charge in [0.25, 0.3) is 0 Å². The molecule has 0 bridgehead atoms. The van der Waals surface area contributed by atoms with E-state index in [9.17, 15) is 0 Å². The molecule has 0 aromatic heterocycles. The van der Waals surface area contributed by atoms with Crippen LogP contribution in [0.4, 0.5) is 0 Å². The summed E-state index contributed by atoms with van der Waals surface area (Å²) >= 11 is 0. The molecule has 1 unspecified atom stereocenters. The molecule has 0 heterocycles. The maximum Gasteiger partial charge on any atom is 0.196 e. The second-order valence-electron chi connectivity index (χ2n) is 3.43. The van der Waals surface area contributed by atoms with Crippen LogP contribution in [-0.4, -0.2) is 20.0 Å². The third-order valence-electron chi connectivity index (χ3n) is 2.36. The van der Waals surface area contributed by atoms with Crippen LogP contribution in [0.15, 0.2) is 18.2 Å². The first-order valence-corrected chi connectivity index (χ1v) is 5.67. The van der Waals surface area contributed by atoms with Crippen molar-refractivity contribution in [2.24, 2.45) is 0 Å². The Labute approximate surface area is 97.3 Å². The zero-order chi connectivity index (χ0) is 12.0. The van der Waals surface area contributed by atoms with Crippen molar-refractivity contribution in [2.75, 3.05) is 13.7 Å². The third kappa shape index (κ3) is 3.14. The molecule has 0 saturated heterocycles. The molecule has 0 N–H and O–H groups in total. The fraction of sp³-hybridized carbons (Fsp3) is 0.538. The molecule has 3 nitrogen and oxygen atoms in total. The molecule has 0 radical (unpaired) electrons. The van der Waals surface area contributed by atoms with E-state index in [2.05, 4.69) is 6.92 Å². The predicted molar refractivity (Wildman–Crippen MR) is 64.1 cm³/mol. The zero-order valence-corrected chi connectivity index (χ0v) is 10.4. The summed E-state index contributed by atoms with van der Waals surface area (Å²) in [4.78, 5) is 0. The molecule has 0 aliphatic heterocycles. The summed E-state index contributed by atoms with van der Waals surface area (Å²) in [5.74, 6) is 1.70. The highest BCUT2D eigenvalue weighted by molar-refractivity contribution is 5.44. The number of methoxy groups -OCH3 is 1. The van der Waals surface area contributed by atoms with Gasteiger partial charge in [0.05, 0.1) is 7.11 Å². The lowest BCUT2D eigenvalue weighted by atomic mass is 10.1. The van der Waals surface area contributed by atoms with Crippen LogP contribution >= 0.6 is 0 Å². The molecule has 1 rings (SSSR count). The van der Waals surface area contributed by atoms with Crippen LogP contribution in [0.3, 0.4) is 0 Å². The normalized spacial score (nSPS) is 12.2. The van der Waals surface area contributed by atoms with Crippen molar-refractivity contribution in [1.82, 2.24) is 0 Å². The van der Waals surface area contributed by atoms with Crippen molar-refractivity contribution >= 4 is 0 Å².